The maximum absolute atomic E-state index is 12.2. The van der Waals surface area contributed by atoms with Crippen molar-refractivity contribution in [3.8, 4) is 0 Å². The number of rotatable bonds is 14. The SMILES string of the molecule is CSC1=C(SC)SC(=C2SC=C(SCCSc3sc(=O)sc3SCCSC3=CSC(=C4SC(SC)=C(SC)S4)S3)S2)S1. The summed E-state index contributed by atoms with van der Waals surface area (Å²) in [6, 6.07) is 0. The van der Waals surface area contributed by atoms with E-state index in [9.17, 15) is 4.79 Å². The molecule has 4 aliphatic heterocycles. The first-order valence-electron chi connectivity index (χ1n) is 11.6. The number of thioether (sulfide) groups is 16. The van der Waals surface area contributed by atoms with E-state index in [0.717, 1.165) is 23.0 Å². The normalized spacial score (nSPS) is 19.3. The largest absolute Gasteiger partial charge is 0.289 e. The summed E-state index contributed by atoms with van der Waals surface area (Å²) in [4.78, 5) is 12.2. The molecule has 0 aliphatic carbocycles. The summed E-state index contributed by atoms with van der Waals surface area (Å²) in [5.74, 6) is 4.15. The molecule has 0 unspecified atom stereocenters. The zero-order valence-electron chi connectivity index (χ0n) is 22.2. The summed E-state index contributed by atoms with van der Waals surface area (Å²) in [5.41, 5.74) is 0. The van der Waals surface area contributed by atoms with E-state index in [0.29, 0.717) is 0 Å². The average molecular weight is 892 g/mol. The van der Waals surface area contributed by atoms with Crippen LogP contribution in [0.5, 0.6) is 0 Å². The number of hydrogen-bond donors (Lipinski definition) is 0. The first kappa shape index (κ1) is 37.2. The van der Waals surface area contributed by atoms with E-state index in [2.05, 4.69) is 35.8 Å². The smallest absolute Gasteiger partial charge is 0.265 e. The van der Waals surface area contributed by atoms with Gasteiger partial charge in [-0.2, -0.15) is 0 Å². The molecule has 19 heteroatoms. The van der Waals surface area contributed by atoms with E-state index in [1.165, 1.54) is 73.5 Å². The predicted octanol–water partition coefficient (Wildman–Crippen LogP) is 14.3. The van der Waals surface area contributed by atoms with Crippen molar-refractivity contribution >= 4 is 211 Å². The van der Waals surface area contributed by atoms with Gasteiger partial charge in [-0.1, -0.05) is 117 Å². The summed E-state index contributed by atoms with van der Waals surface area (Å²) in [7, 11) is 0. The maximum atomic E-state index is 12.2. The first-order chi connectivity index (χ1) is 20.5. The van der Waals surface area contributed by atoms with Crippen molar-refractivity contribution in [1.82, 2.24) is 0 Å². The number of hydrogen-bond acceptors (Lipinski definition) is 19. The molecule has 0 bridgehead atoms. The molecule has 0 saturated heterocycles. The van der Waals surface area contributed by atoms with Crippen molar-refractivity contribution in [2.24, 2.45) is 0 Å². The quantitative estimate of drug-likeness (QED) is 0.130. The molecule has 4 aliphatic rings. The Labute approximate surface area is 324 Å². The van der Waals surface area contributed by atoms with Crippen LogP contribution in [0.4, 0.5) is 0 Å². The van der Waals surface area contributed by atoms with E-state index < -0.39 is 0 Å². The van der Waals surface area contributed by atoms with E-state index in [4.69, 9.17) is 0 Å². The third kappa shape index (κ3) is 10.5. The van der Waals surface area contributed by atoms with Gasteiger partial charge in [-0.15, -0.1) is 94.1 Å². The minimum absolute atomic E-state index is 0.215. The lowest BCUT2D eigenvalue weighted by molar-refractivity contribution is 1.46. The summed E-state index contributed by atoms with van der Waals surface area (Å²) in [6.45, 7) is 0. The Bertz CT molecular complexity index is 1270. The summed E-state index contributed by atoms with van der Waals surface area (Å²) in [5, 5.41) is 4.62. The zero-order valence-corrected chi connectivity index (χ0v) is 36.9. The van der Waals surface area contributed by atoms with Crippen molar-refractivity contribution in [3.05, 3.63) is 62.0 Å². The second-order valence-corrected chi connectivity index (χ2v) is 28.3. The molecular weight excluding hydrogens is 869 g/mol. The van der Waals surface area contributed by atoms with Crippen LogP contribution in [0.25, 0.3) is 0 Å². The lowest BCUT2D eigenvalue weighted by atomic mass is 11.0. The second kappa shape index (κ2) is 19.3. The Hall–Kier alpha value is 3.89. The van der Waals surface area contributed by atoms with E-state index in [-0.39, 0.29) is 4.06 Å². The fourth-order valence-electron chi connectivity index (χ4n) is 2.99. The summed E-state index contributed by atoms with van der Waals surface area (Å²) >= 11 is 33.2. The maximum Gasteiger partial charge on any atom is 0.289 e. The molecule has 228 valence electrons. The van der Waals surface area contributed by atoms with Crippen LogP contribution in [0, 0.1) is 0 Å². The molecule has 0 spiro atoms. The van der Waals surface area contributed by atoms with Crippen molar-refractivity contribution in [2.75, 3.05) is 48.0 Å². The van der Waals surface area contributed by atoms with Gasteiger partial charge in [0.15, 0.2) is 0 Å². The Balaban J connectivity index is 1.00. The van der Waals surface area contributed by atoms with Crippen molar-refractivity contribution < 1.29 is 0 Å². The van der Waals surface area contributed by atoms with Crippen LogP contribution in [-0.2, 0) is 0 Å². The van der Waals surface area contributed by atoms with Crippen LogP contribution in [0.3, 0.4) is 0 Å². The monoisotopic (exact) mass is 890 g/mol. The van der Waals surface area contributed by atoms with Crippen molar-refractivity contribution in [2.45, 2.75) is 8.42 Å². The lowest BCUT2D eigenvalue weighted by Crippen LogP contribution is -1.85. The van der Waals surface area contributed by atoms with Gasteiger partial charge in [0.25, 0.3) is 4.06 Å². The molecule has 1 aromatic rings. The van der Waals surface area contributed by atoms with Gasteiger partial charge in [0.05, 0.1) is 50.8 Å². The molecule has 0 amide bonds. The minimum Gasteiger partial charge on any atom is -0.265 e. The van der Waals surface area contributed by atoms with Crippen molar-refractivity contribution in [3.63, 3.8) is 0 Å². The molecular formula is C23H22OS18. The highest BCUT2D eigenvalue weighted by molar-refractivity contribution is 8.44. The Morgan fingerprint density at radius 2 is 0.857 bits per heavy atom. The van der Waals surface area contributed by atoms with Crippen LogP contribution < -0.4 is 4.06 Å². The molecule has 0 aromatic carbocycles. The molecule has 1 aromatic heterocycles. The topological polar surface area (TPSA) is 17.1 Å². The second-order valence-electron chi connectivity index (χ2n) is 7.26. The molecule has 5 heterocycles. The van der Waals surface area contributed by atoms with Gasteiger partial charge in [-0.25, -0.2) is 0 Å². The molecule has 0 atom stereocenters. The highest BCUT2D eigenvalue weighted by Crippen LogP contribution is 2.64. The van der Waals surface area contributed by atoms with Gasteiger partial charge in [-0.3, -0.25) is 4.79 Å². The van der Waals surface area contributed by atoms with Gasteiger partial charge >= 0.3 is 0 Å². The minimum atomic E-state index is 0.215. The van der Waals surface area contributed by atoms with Crippen LogP contribution >= 0.6 is 211 Å². The zero-order chi connectivity index (χ0) is 29.5. The van der Waals surface area contributed by atoms with Crippen LogP contribution in [0.2, 0.25) is 0 Å². The average Bonchev–Trinajstić information content (AvgIpc) is 3.83. The summed E-state index contributed by atoms with van der Waals surface area (Å²) < 4.78 is 16.8. The van der Waals surface area contributed by atoms with E-state index in [1.807, 2.05) is 188 Å². The molecule has 0 fully saturated rings. The molecule has 0 saturated carbocycles. The third-order valence-electron chi connectivity index (χ3n) is 4.70. The van der Waals surface area contributed by atoms with Gasteiger partial charge in [-0.05, 0) is 35.8 Å². The fraction of sp³-hybridized carbons (Fsp3) is 0.348. The van der Waals surface area contributed by atoms with E-state index >= 15 is 0 Å². The van der Waals surface area contributed by atoms with Gasteiger partial charge in [0.2, 0.25) is 0 Å². The van der Waals surface area contributed by atoms with Gasteiger partial charge in [0.1, 0.15) is 0 Å². The van der Waals surface area contributed by atoms with Gasteiger partial charge < -0.3 is 0 Å². The molecule has 1 nitrogen and oxygen atoms in total. The third-order valence-corrected chi connectivity index (χ3v) is 29.2. The van der Waals surface area contributed by atoms with Crippen LogP contribution in [0.1, 0.15) is 0 Å². The molecule has 0 N–H and O–H groups in total. The highest BCUT2D eigenvalue weighted by Gasteiger charge is 2.27. The Morgan fingerprint density at radius 1 is 0.500 bits per heavy atom. The van der Waals surface area contributed by atoms with Crippen LogP contribution in [0.15, 0.2) is 66.4 Å². The van der Waals surface area contributed by atoms with Crippen LogP contribution in [-0.4, -0.2) is 48.0 Å². The Kier molecular flexibility index (Phi) is 17.1. The fourth-order valence-corrected chi connectivity index (χ4v) is 26.4. The van der Waals surface area contributed by atoms with Crippen molar-refractivity contribution in [1.29, 1.82) is 0 Å². The lowest BCUT2D eigenvalue weighted by Gasteiger charge is -2.05. The highest BCUT2D eigenvalue weighted by atomic mass is 32.3. The first-order valence-corrected chi connectivity index (χ1v) is 28.7. The standard InChI is InChI=1S/C23H22OS18/c1-25-13-14(26-2)38-21(37-13)19-33-9-11(35-19)29-5-7-31-17-18(42-23(24)41-17)32-8-6-30-12-10-34-20(36-12)22-39-15(27-3)16(28-4)40-22/h9-10H,5-8H2,1-4H3. The molecule has 5 rings (SSSR count). The Morgan fingerprint density at radius 3 is 1.21 bits per heavy atom. The summed E-state index contributed by atoms with van der Waals surface area (Å²) in [6.07, 6.45) is 8.67. The molecule has 0 radical (unpaired) electrons. The molecule has 42 heavy (non-hydrogen) atoms. The predicted molar refractivity (Wildman–Crippen MR) is 234 cm³/mol. The van der Waals surface area contributed by atoms with E-state index in [1.54, 1.807) is 0 Å². The van der Waals surface area contributed by atoms with Gasteiger partial charge in [0, 0.05) is 23.0 Å².